The number of phosphoric acid groups is 3. The number of H-pyrrole nitrogens is 2. The lowest BCUT2D eigenvalue weighted by molar-refractivity contribution is -0.745. The van der Waals surface area contributed by atoms with E-state index >= 15 is 0 Å². The van der Waals surface area contributed by atoms with E-state index in [-0.39, 0.29) is 57.8 Å². The smallest absolute Gasteiger partial charge is 0.388 e. The molecule has 0 aliphatic carbocycles. The van der Waals surface area contributed by atoms with Crippen molar-refractivity contribution in [3.05, 3.63) is 46.0 Å². The number of rotatable bonds is 20. The minimum Gasteiger partial charge on any atom is -0.388 e. The standard InChI is InChI=1S/C35H49N15O22P4/c1-47-12-50(28-19(47)30(55)46-35(38)44-28)31-20(51)13(6-64-2)15(69-31)7-66-74(58,59)71-76(62,63)72-75(60,61)67-8-16-24(23(65-3)33(70-16)48-10-41-17-25(36)39-9-40-26(17)48)73(56,57)5-4-14-21(52)22(53)32(68-14)49-11-42-18-27(49)43-34(37)45-29(18)54/h9-16,20-24,31-33,51-53H,4-8H2,1-3H3,(H11-,36,37,38,39,40,43,44,45,46,54,55,56,57,58,59,60,61,62,63)/p+1/t13-,14-,15-,16?,20-,21-,22-,23-,24-,31-,32-,33-/m1/s1. The lowest BCUT2D eigenvalue weighted by Gasteiger charge is -2.28. The molecule has 0 bridgehead atoms. The summed E-state index contributed by atoms with van der Waals surface area (Å²) < 4.78 is 107. The van der Waals surface area contributed by atoms with Crippen LogP contribution in [0, 0.1) is 5.92 Å². The van der Waals surface area contributed by atoms with E-state index in [1.807, 2.05) is 0 Å². The third-order valence-electron chi connectivity index (χ3n) is 12.7. The molecule has 0 saturated carbocycles. The van der Waals surface area contributed by atoms with Gasteiger partial charge < -0.3 is 75.8 Å². The van der Waals surface area contributed by atoms with Crippen molar-refractivity contribution >= 4 is 82.0 Å². The number of nitrogens with two attached hydrogens (primary N) is 3. The summed E-state index contributed by atoms with van der Waals surface area (Å²) in [5, 5.41) is 33.4. The first-order valence-electron chi connectivity index (χ1n) is 22.2. The number of aliphatic hydroxyl groups is 3. The fraction of sp³-hybridized carbons (Fsp3) is 0.571. The summed E-state index contributed by atoms with van der Waals surface area (Å²) in [6.45, 7) is -2.41. The third kappa shape index (κ3) is 10.8. The molecule has 9 rings (SSSR count). The first-order chi connectivity index (χ1) is 35.7. The van der Waals surface area contributed by atoms with Gasteiger partial charge in [0.2, 0.25) is 25.1 Å². The molecule has 15 N–H and O–H groups in total. The van der Waals surface area contributed by atoms with Crippen molar-refractivity contribution < 1.29 is 99.1 Å². The van der Waals surface area contributed by atoms with Gasteiger partial charge in [-0.05, 0) is 6.42 Å². The lowest BCUT2D eigenvalue weighted by atomic mass is 9.99. The molecule has 3 aliphatic heterocycles. The maximum atomic E-state index is 14.6. The zero-order valence-corrected chi connectivity index (χ0v) is 43.1. The van der Waals surface area contributed by atoms with Gasteiger partial charge in [0.15, 0.2) is 41.4 Å². The van der Waals surface area contributed by atoms with Gasteiger partial charge in [-0.1, -0.05) is 4.98 Å². The van der Waals surface area contributed by atoms with E-state index in [2.05, 4.69) is 48.5 Å². The minimum absolute atomic E-state index is 0.0134. The van der Waals surface area contributed by atoms with E-state index < -0.39 is 141 Å². The van der Waals surface area contributed by atoms with E-state index in [0.29, 0.717) is 0 Å². The molecule has 3 aliphatic rings. The maximum absolute atomic E-state index is 14.6. The highest BCUT2D eigenvalue weighted by atomic mass is 31.3. The van der Waals surface area contributed by atoms with E-state index in [1.54, 1.807) is 0 Å². The normalized spacial score (nSPS) is 30.2. The quantitative estimate of drug-likeness (QED) is 0.0263. The molecule has 6 aromatic heterocycles. The summed E-state index contributed by atoms with van der Waals surface area (Å²) in [5.41, 5.74) is 14.2. The number of imidazole rings is 3. The number of fused-ring (bicyclic) bond motifs is 3. The van der Waals surface area contributed by atoms with Crippen LogP contribution in [0.2, 0.25) is 0 Å². The van der Waals surface area contributed by atoms with Crippen LogP contribution in [0.25, 0.3) is 33.5 Å². The molecule has 6 aromatic rings. The molecular formula is C35H50N15O22P4+. The van der Waals surface area contributed by atoms with Gasteiger partial charge in [-0.15, -0.1) is 0 Å². The molecule has 16 atom stereocenters. The second kappa shape index (κ2) is 21.0. The topological polar surface area (TPSA) is 533 Å². The number of aliphatic hydroxyl groups excluding tert-OH is 3. The Morgan fingerprint density at radius 3 is 2.01 bits per heavy atom. The Labute approximate surface area is 423 Å². The third-order valence-corrected chi connectivity index (χ3v) is 19.4. The number of aromatic nitrogens is 12. The number of phosphoric ester groups is 2. The highest BCUT2D eigenvalue weighted by Gasteiger charge is 2.57. The van der Waals surface area contributed by atoms with Crippen LogP contribution in [0.1, 0.15) is 25.1 Å². The van der Waals surface area contributed by atoms with Crippen LogP contribution in [-0.2, 0) is 66.7 Å². The molecule has 37 nitrogen and oxygen atoms in total. The SMILES string of the molecule is COC[C@H]1[C@@H](O)[C@H]([n+]2cn(C)c3c(=O)[nH]c(N)nc32)O[C@@H]1COP(=O)(O)OP(=O)(O)OP(=O)(O)OCC1O[C@@H](n2cnc3c(N)ncnc32)[C@H](OC)[C@@H]1P(=O)(O)CC[C@H]1O[C@@H](n2cnc3c(=O)[nH]c(N)nc32)[C@H](O)[C@@H]1O. The Bertz CT molecular complexity index is 3490. The number of nitrogens with zero attached hydrogens (tertiary/aromatic N) is 10. The number of nitrogen functional groups attached to an aromatic ring is 3. The first kappa shape index (κ1) is 55.7. The number of hydrogen-bond donors (Lipinski definition) is 12. The van der Waals surface area contributed by atoms with Gasteiger partial charge in [-0.2, -0.15) is 13.6 Å². The number of aryl methyl sites for hydroxylation is 1. The van der Waals surface area contributed by atoms with Gasteiger partial charge in [0.25, 0.3) is 17.1 Å². The summed E-state index contributed by atoms with van der Waals surface area (Å²) in [7, 11) is -18.8. The van der Waals surface area contributed by atoms with Crippen LogP contribution in [0.15, 0.2) is 34.9 Å². The zero-order chi connectivity index (χ0) is 55.0. The highest BCUT2D eigenvalue weighted by molar-refractivity contribution is 7.66. The predicted molar refractivity (Wildman–Crippen MR) is 251 cm³/mol. The molecule has 41 heteroatoms. The van der Waals surface area contributed by atoms with E-state index in [4.69, 9.17) is 49.9 Å². The molecule has 0 radical (unpaired) electrons. The van der Waals surface area contributed by atoms with Gasteiger partial charge in [0.05, 0.1) is 63.5 Å². The second-order valence-corrected chi connectivity index (χ2v) is 24.7. The van der Waals surface area contributed by atoms with Crippen molar-refractivity contribution in [3.63, 3.8) is 0 Å². The molecule has 3 saturated heterocycles. The molecular weight excluding hydrogens is 1110 g/mol. The van der Waals surface area contributed by atoms with Crippen molar-refractivity contribution in [1.29, 1.82) is 0 Å². The van der Waals surface area contributed by atoms with Crippen LogP contribution in [0.5, 0.6) is 0 Å². The molecule has 0 amide bonds. The van der Waals surface area contributed by atoms with Crippen molar-refractivity contribution in [1.82, 2.24) is 53.6 Å². The summed E-state index contributed by atoms with van der Waals surface area (Å²) in [4.78, 5) is 97.6. The Hall–Kier alpha value is -5.07. The highest BCUT2D eigenvalue weighted by Crippen LogP contribution is 2.68. The Kier molecular flexibility index (Phi) is 15.3. The van der Waals surface area contributed by atoms with Gasteiger partial charge in [-0.3, -0.25) is 46.9 Å². The van der Waals surface area contributed by atoms with E-state index in [9.17, 15) is 62.7 Å². The fourth-order valence-electron chi connectivity index (χ4n) is 9.37. The van der Waals surface area contributed by atoms with Gasteiger partial charge >= 0.3 is 29.1 Å². The fourth-order valence-corrected chi connectivity index (χ4v) is 15.2. The largest absolute Gasteiger partial charge is 0.490 e. The monoisotopic (exact) mass is 1160 g/mol. The van der Waals surface area contributed by atoms with Crippen molar-refractivity contribution in [2.24, 2.45) is 13.0 Å². The van der Waals surface area contributed by atoms with Crippen LogP contribution in [0.4, 0.5) is 17.7 Å². The van der Waals surface area contributed by atoms with Crippen LogP contribution >= 0.6 is 30.8 Å². The van der Waals surface area contributed by atoms with Crippen LogP contribution in [0.3, 0.4) is 0 Å². The molecule has 0 aromatic carbocycles. The molecule has 5 unspecified atom stereocenters. The minimum atomic E-state index is -6.17. The van der Waals surface area contributed by atoms with Gasteiger partial charge in [0, 0.05) is 26.3 Å². The summed E-state index contributed by atoms with van der Waals surface area (Å²) in [6, 6.07) is 0. The van der Waals surface area contributed by atoms with Gasteiger partial charge in [-0.25, -0.2) is 38.2 Å². The number of nitrogens with one attached hydrogen (secondary N) is 2. The first-order valence-corrected chi connectivity index (χ1v) is 28.6. The second-order valence-electron chi connectivity index (χ2n) is 17.5. The van der Waals surface area contributed by atoms with Crippen LogP contribution < -0.4 is 32.9 Å². The maximum Gasteiger partial charge on any atom is 0.490 e. The average molecular weight is 1160 g/mol. The van der Waals surface area contributed by atoms with Crippen molar-refractivity contribution in [3.8, 4) is 0 Å². The number of anilines is 3. The Balaban J connectivity index is 0.888. The Morgan fingerprint density at radius 1 is 0.724 bits per heavy atom. The molecule has 0 spiro atoms. The average Bonchev–Trinajstić information content (AvgIpc) is 4.21. The number of aromatic amines is 2. The number of methoxy groups -OCH3 is 2. The lowest BCUT2D eigenvalue weighted by Crippen LogP contribution is -2.45. The molecule has 3 fully saturated rings. The number of ether oxygens (including phenoxy) is 5. The zero-order valence-electron chi connectivity index (χ0n) is 39.5. The summed E-state index contributed by atoms with van der Waals surface area (Å²) >= 11 is 0. The predicted octanol–water partition coefficient (Wildman–Crippen LogP) is -3.28. The number of hydrogen-bond acceptors (Lipinski definition) is 27. The van der Waals surface area contributed by atoms with E-state index in [1.165, 1.54) is 40.5 Å². The summed E-state index contributed by atoms with van der Waals surface area (Å²) in [5.74, 6) is -1.65. The van der Waals surface area contributed by atoms with Crippen molar-refractivity contribution in [2.45, 2.75) is 73.5 Å². The van der Waals surface area contributed by atoms with Crippen LogP contribution in [-0.4, -0.2) is 177 Å². The summed E-state index contributed by atoms with van der Waals surface area (Å²) in [6.07, 6.45) is -11.4. The molecule has 416 valence electrons. The molecule has 76 heavy (non-hydrogen) atoms. The van der Waals surface area contributed by atoms with E-state index in [0.717, 1.165) is 24.3 Å². The molecule has 9 heterocycles. The van der Waals surface area contributed by atoms with Gasteiger partial charge in [0.1, 0.15) is 36.3 Å². The Morgan fingerprint density at radius 2 is 1.34 bits per heavy atom. The van der Waals surface area contributed by atoms with Crippen molar-refractivity contribution in [2.75, 3.05) is 57.4 Å².